The van der Waals surface area contributed by atoms with E-state index in [1.807, 2.05) is 25.1 Å². The standard InChI is InChI=1S/C26H22N4S/c1-19-16-25(29-28-19)27-26-30(17-20-8-4-2-5-9-20)24(18-31-26)23-14-12-22(13-15-23)21-10-6-3-7-11-21/h2-16,18H,17H2,1H3,(H,28,29). The van der Waals surface area contributed by atoms with Crippen molar-refractivity contribution in [2.75, 3.05) is 0 Å². The first-order chi connectivity index (χ1) is 15.3. The molecule has 5 heteroatoms. The molecule has 152 valence electrons. The molecule has 2 heterocycles. The summed E-state index contributed by atoms with van der Waals surface area (Å²) in [6.07, 6.45) is 0. The summed E-state index contributed by atoms with van der Waals surface area (Å²) in [4.78, 5) is 5.74. The first kappa shape index (κ1) is 19.3. The fourth-order valence-corrected chi connectivity index (χ4v) is 4.51. The van der Waals surface area contributed by atoms with Crippen LogP contribution in [0.4, 0.5) is 5.82 Å². The third-order valence-electron chi connectivity index (χ3n) is 5.17. The predicted molar refractivity (Wildman–Crippen MR) is 127 cm³/mol. The molecule has 0 amide bonds. The van der Waals surface area contributed by atoms with Crippen LogP contribution in [-0.4, -0.2) is 14.8 Å². The van der Waals surface area contributed by atoms with E-state index in [2.05, 4.69) is 92.9 Å². The Morgan fingerprint density at radius 1 is 0.839 bits per heavy atom. The van der Waals surface area contributed by atoms with Crippen molar-refractivity contribution in [3.8, 4) is 22.4 Å². The number of aromatic amines is 1. The highest BCUT2D eigenvalue weighted by atomic mass is 32.1. The number of nitrogens with zero attached hydrogens (tertiary/aromatic N) is 3. The Kier molecular flexibility index (Phi) is 5.33. The van der Waals surface area contributed by atoms with Crippen LogP contribution in [0, 0.1) is 6.92 Å². The first-order valence-corrected chi connectivity index (χ1v) is 11.1. The van der Waals surface area contributed by atoms with E-state index in [-0.39, 0.29) is 0 Å². The smallest absolute Gasteiger partial charge is 0.192 e. The van der Waals surface area contributed by atoms with E-state index in [0.29, 0.717) is 5.82 Å². The molecule has 0 saturated carbocycles. The van der Waals surface area contributed by atoms with Gasteiger partial charge in [0.05, 0.1) is 12.2 Å². The summed E-state index contributed by atoms with van der Waals surface area (Å²) in [5, 5.41) is 9.44. The molecule has 0 spiro atoms. The average Bonchev–Trinajstić information content (AvgIpc) is 3.41. The highest BCUT2D eigenvalue weighted by Crippen LogP contribution is 2.26. The van der Waals surface area contributed by atoms with Gasteiger partial charge in [0.2, 0.25) is 0 Å². The molecule has 0 bridgehead atoms. The van der Waals surface area contributed by atoms with Gasteiger partial charge in [-0.2, -0.15) is 10.1 Å². The van der Waals surface area contributed by atoms with Crippen LogP contribution in [0.3, 0.4) is 0 Å². The zero-order chi connectivity index (χ0) is 21.0. The topological polar surface area (TPSA) is 46.0 Å². The summed E-state index contributed by atoms with van der Waals surface area (Å²) >= 11 is 1.64. The lowest BCUT2D eigenvalue weighted by Crippen LogP contribution is -2.16. The van der Waals surface area contributed by atoms with Crippen LogP contribution >= 0.6 is 11.3 Å². The van der Waals surface area contributed by atoms with E-state index in [1.54, 1.807) is 11.3 Å². The van der Waals surface area contributed by atoms with Gasteiger partial charge >= 0.3 is 0 Å². The number of H-pyrrole nitrogens is 1. The SMILES string of the molecule is Cc1cc(N=c2scc(-c3ccc(-c4ccccc4)cc3)n2Cc2ccccc2)n[nH]1. The van der Waals surface area contributed by atoms with Gasteiger partial charge < -0.3 is 4.57 Å². The highest BCUT2D eigenvalue weighted by Gasteiger charge is 2.10. The highest BCUT2D eigenvalue weighted by molar-refractivity contribution is 7.07. The van der Waals surface area contributed by atoms with Crippen molar-refractivity contribution in [1.29, 1.82) is 0 Å². The lowest BCUT2D eigenvalue weighted by atomic mass is 10.0. The maximum Gasteiger partial charge on any atom is 0.192 e. The Labute approximate surface area is 185 Å². The Bertz CT molecular complexity index is 1340. The number of aromatic nitrogens is 3. The maximum atomic E-state index is 4.81. The second-order valence-electron chi connectivity index (χ2n) is 7.44. The molecule has 0 aliphatic heterocycles. The van der Waals surface area contributed by atoms with E-state index >= 15 is 0 Å². The molecule has 2 aromatic heterocycles. The third-order valence-corrected chi connectivity index (χ3v) is 6.04. The van der Waals surface area contributed by atoms with Gasteiger partial charge in [0.15, 0.2) is 10.6 Å². The minimum atomic E-state index is 0.701. The van der Waals surface area contributed by atoms with Crippen LogP contribution in [0.5, 0.6) is 0 Å². The van der Waals surface area contributed by atoms with Crippen molar-refractivity contribution in [3.05, 3.63) is 112 Å². The molecule has 0 radical (unpaired) electrons. The number of rotatable bonds is 5. The lowest BCUT2D eigenvalue weighted by molar-refractivity contribution is 0.776. The average molecular weight is 423 g/mol. The van der Waals surface area contributed by atoms with Crippen LogP contribution in [0.15, 0.2) is 101 Å². The summed E-state index contributed by atoms with van der Waals surface area (Å²) in [5.74, 6) is 0.701. The minimum absolute atomic E-state index is 0.701. The summed E-state index contributed by atoms with van der Waals surface area (Å²) in [5.41, 5.74) is 7.00. The van der Waals surface area contributed by atoms with Gasteiger partial charge in [-0.05, 0) is 29.2 Å². The number of aryl methyl sites for hydroxylation is 1. The molecule has 4 nitrogen and oxygen atoms in total. The van der Waals surface area contributed by atoms with Gasteiger partial charge in [0.25, 0.3) is 0 Å². The molecule has 5 rings (SSSR count). The third kappa shape index (κ3) is 4.27. The molecule has 1 N–H and O–H groups in total. The zero-order valence-electron chi connectivity index (χ0n) is 17.2. The molecule has 5 aromatic rings. The molecular weight excluding hydrogens is 400 g/mol. The van der Waals surface area contributed by atoms with Crippen molar-refractivity contribution >= 4 is 17.2 Å². The van der Waals surface area contributed by atoms with E-state index in [9.17, 15) is 0 Å². The summed E-state index contributed by atoms with van der Waals surface area (Å²) < 4.78 is 2.27. The molecule has 0 saturated heterocycles. The molecule has 0 fully saturated rings. The van der Waals surface area contributed by atoms with Crippen molar-refractivity contribution < 1.29 is 0 Å². The van der Waals surface area contributed by atoms with Crippen LogP contribution in [0.2, 0.25) is 0 Å². The summed E-state index contributed by atoms with van der Waals surface area (Å²) in [6, 6.07) is 31.6. The Hall–Kier alpha value is -3.70. The van der Waals surface area contributed by atoms with E-state index in [0.717, 1.165) is 22.7 Å². The number of thiazole rings is 1. The van der Waals surface area contributed by atoms with E-state index in [4.69, 9.17) is 4.99 Å². The Morgan fingerprint density at radius 3 is 2.16 bits per heavy atom. The minimum Gasteiger partial charge on any atom is -0.312 e. The van der Waals surface area contributed by atoms with E-state index in [1.165, 1.54) is 22.3 Å². The van der Waals surface area contributed by atoms with Crippen LogP contribution in [-0.2, 0) is 6.54 Å². The molecule has 0 atom stereocenters. The second-order valence-corrected chi connectivity index (χ2v) is 8.28. The van der Waals surface area contributed by atoms with Crippen molar-refractivity contribution in [2.24, 2.45) is 4.99 Å². The summed E-state index contributed by atoms with van der Waals surface area (Å²) in [7, 11) is 0. The van der Waals surface area contributed by atoms with Gasteiger partial charge in [-0.25, -0.2) is 0 Å². The van der Waals surface area contributed by atoms with Crippen LogP contribution in [0.25, 0.3) is 22.4 Å². The molecule has 0 aliphatic carbocycles. The van der Waals surface area contributed by atoms with Crippen molar-refractivity contribution in [1.82, 2.24) is 14.8 Å². The Morgan fingerprint density at radius 2 is 1.48 bits per heavy atom. The zero-order valence-corrected chi connectivity index (χ0v) is 18.0. The fraction of sp³-hybridized carbons (Fsp3) is 0.0769. The molecular formula is C26H22N4S. The van der Waals surface area contributed by atoms with Gasteiger partial charge in [0.1, 0.15) is 0 Å². The molecule has 31 heavy (non-hydrogen) atoms. The van der Waals surface area contributed by atoms with Crippen molar-refractivity contribution in [2.45, 2.75) is 13.5 Å². The predicted octanol–water partition coefficient (Wildman–Crippen LogP) is 6.20. The van der Waals surface area contributed by atoms with Gasteiger partial charge in [-0.1, -0.05) is 84.9 Å². The maximum absolute atomic E-state index is 4.81. The fourth-order valence-electron chi connectivity index (χ4n) is 3.59. The molecule has 0 aliphatic rings. The monoisotopic (exact) mass is 422 g/mol. The van der Waals surface area contributed by atoms with Gasteiger partial charge in [-0.3, -0.25) is 5.10 Å². The first-order valence-electron chi connectivity index (χ1n) is 10.2. The normalized spacial score (nSPS) is 11.7. The molecule has 0 unspecified atom stereocenters. The van der Waals surface area contributed by atoms with E-state index < -0.39 is 0 Å². The largest absolute Gasteiger partial charge is 0.312 e. The quantitative estimate of drug-likeness (QED) is 0.360. The van der Waals surface area contributed by atoms with Gasteiger partial charge in [0, 0.05) is 17.1 Å². The second kappa shape index (κ2) is 8.58. The number of nitrogens with one attached hydrogen (secondary N) is 1. The number of hydrogen-bond acceptors (Lipinski definition) is 3. The Balaban J connectivity index is 1.57. The van der Waals surface area contributed by atoms with Crippen LogP contribution < -0.4 is 4.80 Å². The summed E-state index contributed by atoms with van der Waals surface area (Å²) in [6.45, 7) is 2.74. The number of hydrogen-bond donors (Lipinski definition) is 1. The van der Waals surface area contributed by atoms with Gasteiger partial charge in [-0.15, -0.1) is 11.3 Å². The van der Waals surface area contributed by atoms with Crippen LogP contribution in [0.1, 0.15) is 11.3 Å². The van der Waals surface area contributed by atoms with Crippen molar-refractivity contribution in [3.63, 3.8) is 0 Å². The lowest BCUT2D eigenvalue weighted by Gasteiger charge is -2.10. The molecule has 3 aromatic carbocycles. The number of benzene rings is 3.